The number of halogens is 1. The Balaban J connectivity index is 1.63. The molecule has 0 saturated carbocycles. The Morgan fingerprint density at radius 3 is 2.92 bits per heavy atom. The van der Waals surface area contributed by atoms with Gasteiger partial charge in [0, 0.05) is 24.9 Å². The van der Waals surface area contributed by atoms with Crippen LogP contribution in [0, 0.1) is 12.7 Å². The van der Waals surface area contributed by atoms with Crippen molar-refractivity contribution in [3.05, 3.63) is 35.5 Å². The summed E-state index contributed by atoms with van der Waals surface area (Å²) in [5, 5.41) is 13.1. The largest absolute Gasteiger partial charge is 0.480 e. The lowest BCUT2D eigenvalue weighted by Gasteiger charge is -2.32. The number of amides is 1. The number of nitrogens with zero attached hydrogens (tertiary/aromatic N) is 3. The predicted molar refractivity (Wildman–Crippen MR) is 89.7 cm³/mol. The average molecular weight is 361 g/mol. The number of aryl methyl sites for hydroxylation is 2. The first-order valence-corrected chi connectivity index (χ1v) is 8.57. The average Bonchev–Trinajstić information content (AvgIpc) is 3.11. The molecule has 1 amide bonds. The fourth-order valence-electron chi connectivity index (χ4n) is 3.05. The van der Waals surface area contributed by atoms with E-state index in [1.54, 1.807) is 19.1 Å². The second-order valence-corrected chi connectivity index (χ2v) is 6.41. The molecular weight excluding hydrogens is 341 g/mol. The van der Waals surface area contributed by atoms with E-state index >= 15 is 0 Å². The zero-order valence-corrected chi connectivity index (χ0v) is 14.4. The van der Waals surface area contributed by atoms with Crippen molar-refractivity contribution in [2.75, 3.05) is 6.54 Å². The zero-order chi connectivity index (χ0) is 18.7. The second kappa shape index (κ2) is 7.63. The first-order chi connectivity index (χ1) is 12.5. The van der Waals surface area contributed by atoms with Gasteiger partial charge in [-0.25, -0.2) is 9.18 Å². The van der Waals surface area contributed by atoms with Gasteiger partial charge in [-0.2, -0.15) is 4.98 Å². The van der Waals surface area contributed by atoms with E-state index in [1.807, 2.05) is 0 Å². The molecule has 8 heteroatoms. The van der Waals surface area contributed by atoms with Gasteiger partial charge in [-0.15, -0.1) is 0 Å². The number of aliphatic carboxylic acids is 1. The van der Waals surface area contributed by atoms with Crippen LogP contribution in [-0.4, -0.2) is 44.6 Å². The maximum atomic E-state index is 13.6. The summed E-state index contributed by atoms with van der Waals surface area (Å²) in [5.41, 5.74) is 1.02. The number of carboxylic acid groups (broad SMARTS) is 1. The lowest BCUT2D eigenvalue weighted by Crippen LogP contribution is -2.48. The van der Waals surface area contributed by atoms with Gasteiger partial charge in [0.15, 0.2) is 0 Å². The van der Waals surface area contributed by atoms with Crippen LogP contribution in [0.1, 0.15) is 37.1 Å². The first-order valence-electron chi connectivity index (χ1n) is 8.57. The summed E-state index contributed by atoms with van der Waals surface area (Å²) < 4.78 is 18.8. The number of aromatic nitrogens is 2. The van der Waals surface area contributed by atoms with Crippen LogP contribution in [0.3, 0.4) is 0 Å². The number of carboxylic acids is 1. The lowest BCUT2D eigenvalue weighted by atomic mass is 10.0. The molecule has 2 aromatic rings. The van der Waals surface area contributed by atoms with Crippen LogP contribution in [0.4, 0.5) is 4.39 Å². The van der Waals surface area contributed by atoms with Crippen molar-refractivity contribution >= 4 is 11.9 Å². The molecule has 2 heterocycles. The highest BCUT2D eigenvalue weighted by Gasteiger charge is 2.31. The first kappa shape index (κ1) is 18.0. The van der Waals surface area contributed by atoms with Gasteiger partial charge in [-0.1, -0.05) is 17.3 Å². The number of piperidine rings is 1. The Kier molecular flexibility index (Phi) is 5.29. The quantitative estimate of drug-likeness (QED) is 0.879. The highest BCUT2D eigenvalue weighted by atomic mass is 19.1. The molecular formula is C18H20FN3O4. The predicted octanol–water partition coefficient (Wildman–Crippen LogP) is 2.58. The van der Waals surface area contributed by atoms with Gasteiger partial charge in [0.25, 0.3) is 0 Å². The van der Waals surface area contributed by atoms with Crippen LogP contribution in [0.15, 0.2) is 22.7 Å². The Hall–Kier alpha value is -2.77. The van der Waals surface area contributed by atoms with Gasteiger partial charge in [-0.05, 0) is 37.8 Å². The van der Waals surface area contributed by atoms with Gasteiger partial charge >= 0.3 is 5.97 Å². The van der Waals surface area contributed by atoms with E-state index in [2.05, 4.69) is 10.1 Å². The number of hydrogen-bond acceptors (Lipinski definition) is 5. The molecule has 0 spiro atoms. The number of hydrogen-bond donors (Lipinski definition) is 1. The smallest absolute Gasteiger partial charge is 0.326 e. The normalized spacial score (nSPS) is 17.3. The summed E-state index contributed by atoms with van der Waals surface area (Å²) in [7, 11) is 0. The van der Waals surface area contributed by atoms with Crippen LogP contribution in [0.25, 0.3) is 11.4 Å². The van der Waals surface area contributed by atoms with E-state index in [0.717, 1.165) is 12.8 Å². The highest BCUT2D eigenvalue weighted by Crippen LogP contribution is 2.21. The molecule has 1 N–H and O–H groups in total. The minimum absolute atomic E-state index is 0.0909. The maximum absolute atomic E-state index is 13.6. The summed E-state index contributed by atoms with van der Waals surface area (Å²) in [6.07, 6.45) is 2.39. The standard InChI is InChI=1S/C18H20FN3O4/c1-11-5-6-12(10-13(11)19)17-20-15(26-21-17)7-8-16(23)22-9-3-2-4-14(22)18(24)25/h5-6,10,14H,2-4,7-9H2,1H3,(H,24,25)/t14-/m0/s1. The Bertz CT molecular complexity index is 821. The minimum Gasteiger partial charge on any atom is -0.480 e. The van der Waals surface area contributed by atoms with Crippen molar-refractivity contribution in [3.63, 3.8) is 0 Å². The molecule has 0 unspecified atom stereocenters. The number of carbonyl (C=O) groups excluding carboxylic acids is 1. The molecule has 0 aliphatic carbocycles. The van der Waals surface area contributed by atoms with E-state index in [1.165, 1.54) is 11.0 Å². The van der Waals surface area contributed by atoms with Crippen LogP contribution >= 0.6 is 0 Å². The number of likely N-dealkylation sites (tertiary alicyclic amines) is 1. The summed E-state index contributed by atoms with van der Waals surface area (Å²) in [6.45, 7) is 2.12. The molecule has 138 valence electrons. The molecule has 1 atom stereocenters. The zero-order valence-electron chi connectivity index (χ0n) is 14.4. The van der Waals surface area contributed by atoms with Gasteiger partial charge in [-0.3, -0.25) is 4.79 Å². The molecule has 1 aliphatic heterocycles. The number of benzene rings is 1. The highest BCUT2D eigenvalue weighted by molar-refractivity contribution is 5.84. The van der Waals surface area contributed by atoms with Crippen LogP contribution in [-0.2, 0) is 16.0 Å². The maximum Gasteiger partial charge on any atom is 0.326 e. The van der Waals surface area contributed by atoms with Gasteiger partial charge in [0.05, 0.1) is 0 Å². The minimum atomic E-state index is -0.973. The monoisotopic (exact) mass is 361 g/mol. The Labute approximate surface area is 149 Å². The molecule has 1 aromatic heterocycles. The molecule has 3 rings (SSSR count). The second-order valence-electron chi connectivity index (χ2n) is 6.41. The topological polar surface area (TPSA) is 96.5 Å². The van der Waals surface area contributed by atoms with Crippen molar-refractivity contribution in [3.8, 4) is 11.4 Å². The lowest BCUT2D eigenvalue weighted by molar-refractivity contribution is -0.152. The Morgan fingerprint density at radius 1 is 1.38 bits per heavy atom. The van der Waals surface area contributed by atoms with E-state index in [0.29, 0.717) is 24.1 Å². The fourth-order valence-corrected chi connectivity index (χ4v) is 3.05. The SMILES string of the molecule is Cc1ccc(-c2noc(CCC(=O)N3CCCC[C@H]3C(=O)O)n2)cc1F. The molecule has 1 fully saturated rings. The fraction of sp³-hybridized carbons (Fsp3) is 0.444. The van der Waals surface area contributed by atoms with Crippen molar-refractivity contribution in [2.45, 2.75) is 45.1 Å². The number of carbonyl (C=O) groups is 2. The summed E-state index contributed by atoms with van der Waals surface area (Å²) >= 11 is 0. The van der Waals surface area contributed by atoms with Crippen LogP contribution in [0.2, 0.25) is 0 Å². The van der Waals surface area contributed by atoms with Crippen molar-refractivity contribution in [1.29, 1.82) is 0 Å². The third kappa shape index (κ3) is 3.89. The van der Waals surface area contributed by atoms with E-state index < -0.39 is 12.0 Å². The molecule has 1 aromatic carbocycles. The molecule has 1 aliphatic rings. The molecule has 7 nitrogen and oxygen atoms in total. The van der Waals surface area contributed by atoms with Crippen molar-refractivity contribution < 1.29 is 23.6 Å². The van der Waals surface area contributed by atoms with Crippen LogP contribution < -0.4 is 0 Å². The Morgan fingerprint density at radius 2 is 2.19 bits per heavy atom. The van der Waals surface area contributed by atoms with Crippen molar-refractivity contribution in [2.24, 2.45) is 0 Å². The van der Waals surface area contributed by atoms with E-state index in [4.69, 9.17) is 4.52 Å². The number of rotatable bonds is 5. The summed E-state index contributed by atoms with van der Waals surface area (Å²) in [6, 6.07) is 3.90. The molecule has 1 saturated heterocycles. The van der Waals surface area contributed by atoms with Gasteiger partial charge < -0.3 is 14.5 Å². The molecule has 0 bridgehead atoms. The third-order valence-electron chi connectivity index (χ3n) is 4.56. The van der Waals surface area contributed by atoms with Crippen molar-refractivity contribution in [1.82, 2.24) is 15.0 Å². The van der Waals surface area contributed by atoms with Gasteiger partial charge in [0.1, 0.15) is 11.9 Å². The summed E-state index contributed by atoms with van der Waals surface area (Å²) in [4.78, 5) is 29.3. The molecule has 0 radical (unpaired) electrons. The van der Waals surface area contributed by atoms with E-state index in [-0.39, 0.29) is 36.3 Å². The van der Waals surface area contributed by atoms with E-state index in [9.17, 15) is 19.1 Å². The van der Waals surface area contributed by atoms with Gasteiger partial charge in [0.2, 0.25) is 17.6 Å². The van der Waals surface area contributed by atoms with Crippen LogP contribution in [0.5, 0.6) is 0 Å². The summed E-state index contributed by atoms with van der Waals surface area (Å²) in [5.74, 6) is -1.04. The third-order valence-corrected chi connectivity index (χ3v) is 4.56. The molecule has 26 heavy (non-hydrogen) atoms.